The van der Waals surface area contributed by atoms with E-state index in [2.05, 4.69) is 22.1 Å². The molecule has 1 heterocycles. The lowest BCUT2D eigenvalue weighted by molar-refractivity contribution is -0.122. The first-order chi connectivity index (χ1) is 8.24. The van der Waals surface area contributed by atoms with Gasteiger partial charge >= 0.3 is 0 Å². The fourth-order valence-electron chi connectivity index (χ4n) is 1.39. The number of hydrogen-bond donors (Lipinski definition) is 2. The molecule has 0 aromatic carbocycles. The number of hydrogen-bond acceptors (Lipinski definition) is 4. The third-order valence-electron chi connectivity index (χ3n) is 2.40. The lowest BCUT2D eigenvalue weighted by atomic mass is 10.3. The summed E-state index contributed by atoms with van der Waals surface area (Å²) in [6.45, 7) is 3.80. The van der Waals surface area contributed by atoms with Crippen LogP contribution in [-0.2, 0) is 16.0 Å². The van der Waals surface area contributed by atoms with Crippen molar-refractivity contribution in [2.24, 2.45) is 0 Å². The Hall–Kier alpha value is -0.910. The van der Waals surface area contributed by atoms with Gasteiger partial charge in [0.1, 0.15) is 0 Å². The summed E-state index contributed by atoms with van der Waals surface area (Å²) in [5.41, 5.74) is 0. The highest BCUT2D eigenvalue weighted by molar-refractivity contribution is 7.09. The van der Waals surface area contributed by atoms with E-state index < -0.39 is 0 Å². The topological polar surface area (TPSA) is 50.4 Å². The first-order valence-corrected chi connectivity index (χ1v) is 6.64. The molecule has 1 aromatic heterocycles. The Kier molecular flexibility index (Phi) is 6.84. The van der Waals surface area contributed by atoms with Crippen molar-refractivity contribution >= 4 is 17.2 Å². The van der Waals surface area contributed by atoms with Crippen molar-refractivity contribution < 1.29 is 9.53 Å². The van der Waals surface area contributed by atoms with E-state index in [1.807, 2.05) is 13.0 Å². The summed E-state index contributed by atoms with van der Waals surface area (Å²) >= 11 is 1.74. The predicted molar refractivity (Wildman–Crippen MR) is 70.4 cm³/mol. The Morgan fingerprint density at radius 1 is 1.53 bits per heavy atom. The molecule has 1 unspecified atom stereocenters. The molecule has 0 aliphatic carbocycles. The molecule has 0 saturated carbocycles. The molecule has 0 bridgehead atoms. The molecular weight excluding hydrogens is 236 g/mol. The molecule has 0 aliphatic heterocycles. The van der Waals surface area contributed by atoms with Gasteiger partial charge in [-0.1, -0.05) is 6.07 Å². The Labute approximate surface area is 106 Å². The summed E-state index contributed by atoms with van der Waals surface area (Å²) in [7, 11) is 1.62. The average molecular weight is 256 g/mol. The van der Waals surface area contributed by atoms with Crippen LogP contribution in [-0.4, -0.2) is 38.8 Å². The van der Waals surface area contributed by atoms with E-state index in [4.69, 9.17) is 4.74 Å². The number of thiophene rings is 1. The lowest BCUT2D eigenvalue weighted by Gasteiger charge is -2.13. The summed E-state index contributed by atoms with van der Waals surface area (Å²) in [5.74, 6) is 0.0215. The Morgan fingerprint density at radius 2 is 2.35 bits per heavy atom. The quantitative estimate of drug-likeness (QED) is 0.683. The fraction of sp³-hybridized carbons (Fsp3) is 0.583. The van der Waals surface area contributed by atoms with Crippen LogP contribution in [0.25, 0.3) is 0 Å². The molecule has 0 radical (unpaired) electrons. The standard InChI is InChI=1S/C12H20N2O2S/c1-10(12(15)14-7-8-16-2)13-6-5-11-4-3-9-17-11/h3-4,9-10,13H,5-8H2,1-2H3,(H,14,15). The molecule has 0 saturated heterocycles. The second-order valence-electron chi connectivity index (χ2n) is 3.79. The molecule has 5 heteroatoms. The summed E-state index contributed by atoms with van der Waals surface area (Å²) in [6.07, 6.45) is 0.966. The summed E-state index contributed by atoms with van der Waals surface area (Å²) < 4.78 is 4.87. The molecule has 1 atom stereocenters. The minimum Gasteiger partial charge on any atom is -0.383 e. The van der Waals surface area contributed by atoms with Crippen LogP contribution in [0.3, 0.4) is 0 Å². The van der Waals surface area contributed by atoms with Crippen LogP contribution >= 0.6 is 11.3 Å². The van der Waals surface area contributed by atoms with Crippen LogP contribution in [0, 0.1) is 0 Å². The maximum atomic E-state index is 11.6. The largest absolute Gasteiger partial charge is 0.383 e. The Balaban J connectivity index is 2.11. The summed E-state index contributed by atoms with van der Waals surface area (Å²) in [5, 5.41) is 8.07. The van der Waals surface area contributed by atoms with E-state index in [1.165, 1.54) is 4.88 Å². The smallest absolute Gasteiger partial charge is 0.236 e. The molecule has 4 nitrogen and oxygen atoms in total. The molecule has 0 fully saturated rings. The van der Waals surface area contributed by atoms with Gasteiger partial charge in [0.2, 0.25) is 5.91 Å². The maximum absolute atomic E-state index is 11.6. The van der Waals surface area contributed by atoms with Crippen molar-refractivity contribution in [3.05, 3.63) is 22.4 Å². The Bertz CT molecular complexity index is 314. The number of carbonyl (C=O) groups excluding carboxylic acids is 1. The van der Waals surface area contributed by atoms with Crippen LogP contribution in [0.15, 0.2) is 17.5 Å². The summed E-state index contributed by atoms with van der Waals surface area (Å²) in [4.78, 5) is 12.9. The van der Waals surface area contributed by atoms with E-state index in [9.17, 15) is 4.79 Å². The van der Waals surface area contributed by atoms with Crippen LogP contribution in [0.4, 0.5) is 0 Å². The van der Waals surface area contributed by atoms with Crippen molar-refractivity contribution in [2.75, 3.05) is 26.8 Å². The zero-order valence-electron chi connectivity index (χ0n) is 10.4. The van der Waals surface area contributed by atoms with Gasteiger partial charge in [-0.2, -0.15) is 0 Å². The minimum absolute atomic E-state index is 0.0215. The maximum Gasteiger partial charge on any atom is 0.236 e. The van der Waals surface area contributed by atoms with E-state index in [0.717, 1.165) is 13.0 Å². The number of carbonyl (C=O) groups is 1. The molecule has 0 aliphatic rings. The highest BCUT2D eigenvalue weighted by atomic mass is 32.1. The van der Waals surface area contributed by atoms with Gasteiger partial charge in [0, 0.05) is 25.1 Å². The van der Waals surface area contributed by atoms with Crippen LogP contribution in [0.2, 0.25) is 0 Å². The number of nitrogens with one attached hydrogen (secondary N) is 2. The first-order valence-electron chi connectivity index (χ1n) is 5.76. The van der Waals surface area contributed by atoms with E-state index in [-0.39, 0.29) is 11.9 Å². The zero-order chi connectivity index (χ0) is 12.5. The van der Waals surface area contributed by atoms with Crippen LogP contribution < -0.4 is 10.6 Å². The third-order valence-corrected chi connectivity index (χ3v) is 3.34. The highest BCUT2D eigenvalue weighted by Gasteiger charge is 2.10. The molecule has 0 spiro atoms. The molecule has 1 amide bonds. The number of ether oxygens (including phenoxy) is 1. The summed E-state index contributed by atoms with van der Waals surface area (Å²) in [6, 6.07) is 3.99. The van der Waals surface area contributed by atoms with Crippen molar-refractivity contribution in [1.29, 1.82) is 0 Å². The van der Waals surface area contributed by atoms with E-state index in [1.54, 1.807) is 18.4 Å². The van der Waals surface area contributed by atoms with Crippen LogP contribution in [0.1, 0.15) is 11.8 Å². The van der Waals surface area contributed by atoms with Gasteiger partial charge < -0.3 is 15.4 Å². The number of amides is 1. The van der Waals surface area contributed by atoms with Gasteiger partial charge in [0.05, 0.1) is 12.6 Å². The molecule has 1 rings (SSSR count). The normalized spacial score (nSPS) is 12.4. The molecular formula is C12H20N2O2S. The van der Waals surface area contributed by atoms with Gasteiger partial charge in [-0.15, -0.1) is 11.3 Å². The number of rotatable bonds is 8. The second kappa shape index (κ2) is 8.22. The van der Waals surface area contributed by atoms with Gasteiger partial charge in [-0.25, -0.2) is 0 Å². The second-order valence-corrected chi connectivity index (χ2v) is 4.82. The van der Waals surface area contributed by atoms with Gasteiger partial charge in [0.25, 0.3) is 0 Å². The molecule has 96 valence electrons. The third kappa shape index (κ3) is 5.81. The zero-order valence-corrected chi connectivity index (χ0v) is 11.2. The molecule has 17 heavy (non-hydrogen) atoms. The van der Waals surface area contributed by atoms with E-state index >= 15 is 0 Å². The average Bonchev–Trinajstić information content (AvgIpc) is 2.82. The van der Waals surface area contributed by atoms with Gasteiger partial charge in [-0.3, -0.25) is 4.79 Å². The predicted octanol–water partition coefficient (Wildman–Crippen LogP) is 1.03. The monoisotopic (exact) mass is 256 g/mol. The van der Waals surface area contributed by atoms with E-state index in [0.29, 0.717) is 13.2 Å². The van der Waals surface area contributed by atoms with Gasteiger partial charge in [0.15, 0.2) is 0 Å². The Morgan fingerprint density at radius 3 is 3.00 bits per heavy atom. The molecule has 2 N–H and O–H groups in total. The fourth-order valence-corrected chi connectivity index (χ4v) is 2.10. The molecule has 1 aromatic rings. The van der Waals surface area contributed by atoms with Crippen molar-refractivity contribution in [3.63, 3.8) is 0 Å². The van der Waals surface area contributed by atoms with Crippen LogP contribution in [0.5, 0.6) is 0 Å². The van der Waals surface area contributed by atoms with Crippen molar-refractivity contribution in [1.82, 2.24) is 10.6 Å². The van der Waals surface area contributed by atoms with Crippen molar-refractivity contribution in [2.45, 2.75) is 19.4 Å². The lowest BCUT2D eigenvalue weighted by Crippen LogP contribution is -2.43. The highest BCUT2D eigenvalue weighted by Crippen LogP contribution is 2.08. The first kappa shape index (κ1) is 14.2. The number of methoxy groups -OCH3 is 1. The van der Waals surface area contributed by atoms with Crippen molar-refractivity contribution in [3.8, 4) is 0 Å². The van der Waals surface area contributed by atoms with Gasteiger partial charge in [-0.05, 0) is 24.8 Å². The minimum atomic E-state index is -0.160. The SMILES string of the molecule is COCCNC(=O)C(C)NCCc1cccs1.